The zero-order valence-corrected chi connectivity index (χ0v) is 18.7. The highest BCUT2D eigenvalue weighted by atomic mass is 19.1. The fourth-order valence-corrected chi connectivity index (χ4v) is 3.92. The Labute approximate surface area is 193 Å². The zero-order chi connectivity index (χ0) is 23.2. The molecule has 3 aromatic rings. The van der Waals surface area contributed by atoms with Crippen LogP contribution in [0, 0.1) is 11.6 Å². The van der Waals surface area contributed by atoms with Crippen molar-refractivity contribution in [3.8, 4) is 11.1 Å². The maximum atomic E-state index is 14.8. The maximum Gasteiger partial charge on any atom is 0.226 e. The van der Waals surface area contributed by atoms with Gasteiger partial charge in [0, 0.05) is 62.3 Å². The van der Waals surface area contributed by atoms with Crippen molar-refractivity contribution in [2.24, 2.45) is 0 Å². The average molecular weight is 451 g/mol. The van der Waals surface area contributed by atoms with E-state index >= 15 is 0 Å². The molecular formula is C26H28F2N4O. The van der Waals surface area contributed by atoms with Gasteiger partial charge in [-0.3, -0.25) is 14.7 Å². The van der Waals surface area contributed by atoms with Crippen LogP contribution in [0.2, 0.25) is 0 Å². The van der Waals surface area contributed by atoms with E-state index in [-0.39, 0.29) is 30.5 Å². The highest BCUT2D eigenvalue weighted by Gasteiger charge is 2.15. The number of hydrogen-bond donors (Lipinski definition) is 1. The van der Waals surface area contributed by atoms with Crippen LogP contribution in [0.15, 0.2) is 60.8 Å². The molecule has 0 atom stereocenters. The van der Waals surface area contributed by atoms with Crippen molar-refractivity contribution >= 4 is 5.91 Å². The van der Waals surface area contributed by atoms with Gasteiger partial charge in [0.2, 0.25) is 5.91 Å². The molecule has 4 rings (SSSR count). The smallest absolute Gasteiger partial charge is 0.226 e. The van der Waals surface area contributed by atoms with Gasteiger partial charge in [0.1, 0.15) is 11.6 Å². The average Bonchev–Trinajstić information content (AvgIpc) is 2.80. The Kier molecular flexibility index (Phi) is 7.42. The summed E-state index contributed by atoms with van der Waals surface area (Å²) in [5, 5.41) is 2.76. The minimum absolute atomic E-state index is 0.0992. The number of carbonyl (C=O) groups excluding carboxylic acids is 1. The van der Waals surface area contributed by atoms with E-state index < -0.39 is 0 Å². The van der Waals surface area contributed by atoms with Crippen molar-refractivity contribution in [3.63, 3.8) is 0 Å². The minimum Gasteiger partial charge on any atom is -0.352 e. The number of likely N-dealkylation sites (N-methyl/N-ethyl adjacent to an activating group) is 1. The van der Waals surface area contributed by atoms with E-state index in [2.05, 4.69) is 27.1 Å². The summed E-state index contributed by atoms with van der Waals surface area (Å²) in [4.78, 5) is 21.1. The quantitative estimate of drug-likeness (QED) is 0.597. The van der Waals surface area contributed by atoms with Gasteiger partial charge >= 0.3 is 0 Å². The molecule has 1 aliphatic rings. The molecule has 0 bridgehead atoms. The Bertz CT molecular complexity index is 1100. The highest BCUT2D eigenvalue weighted by Crippen LogP contribution is 2.24. The monoisotopic (exact) mass is 450 g/mol. The number of nitrogens with one attached hydrogen (secondary N) is 1. The molecule has 1 N–H and O–H groups in total. The Hall–Kier alpha value is -3.16. The standard InChI is InChI=1S/C26H28F2N4O/c1-31-9-11-32(12-10-31)18-20-5-8-24(25(28)14-20)21-6-7-23(29-17-21)15-26(33)30-16-19-3-2-4-22(27)13-19/h2-8,13-14,17H,9-12,15-16,18H2,1H3,(H,30,33). The molecule has 0 radical (unpaired) electrons. The van der Waals surface area contributed by atoms with Crippen molar-refractivity contribution in [2.75, 3.05) is 33.2 Å². The highest BCUT2D eigenvalue weighted by molar-refractivity contribution is 5.78. The molecule has 0 aliphatic carbocycles. The Morgan fingerprint density at radius 1 is 1.00 bits per heavy atom. The van der Waals surface area contributed by atoms with Gasteiger partial charge in [0.05, 0.1) is 6.42 Å². The SMILES string of the molecule is CN1CCN(Cc2ccc(-c3ccc(CC(=O)NCc4cccc(F)c4)nc3)c(F)c2)CC1. The van der Waals surface area contributed by atoms with Crippen molar-refractivity contribution < 1.29 is 13.6 Å². The summed E-state index contributed by atoms with van der Waals surface area (Å²) >= 11 is 0. The van der Waals surface area contributed by atoms with Crippen LogP contribution in [0.25, 0.3) is 11.1 Å². The van der Waals surface area contributed by atoms with Gasteiger partial charge in [-0.05, 0) is 42.4 Å². The summed E-state index contributed by atoms with van der Waals surface area (Å²) in [6, 6.07) is 15.0. The van der Waals surface area contributed by atoms with E-state index in [1.165, 1.54) is 12.1 Å². The zero-order valence-electron chi connectivity index (χ0n) is 18.7. The summed E-state index contributed by atoms with van der Waals surface area (Å²) in [5.41, 5.74) is 3.40. The van der Waals surface area contributed by atoms with Crippen LogP contribution in [0.1, 0.15) is 16.8 Å². The Balaban J connectivity index is 1.33. The van der Waals surface area contributed by atoms with Gasteiger partial charge in [-0.25, -0.2) is 8.78 Å². The van der Waals surface area contributed by atoms with E-state index in [1.807, 2.05) is 6.07 Å². The van der Waals surface area contributed by atoms with E-state index in [0.29, 0.717) is 22.4 Å². The van der Waals surface area contributed by atoms with Gasteiger partial charge in [-0.2, -0.15) is 0 Å². The third kappa shape index (κ3) is 6.43. The summed E-state index contributed by atoms with van der Waals surface area (Å²) in [6.07, 6.45) is 1.69. The number of piperazine rings is 1. The van der Waals surface area contributed by atoms with Crippen LogP contribution >= 0.6 is 0 Å². The van der Waals surface area contributed by atoms with Gasteiger partial charge in [0.15, 0.2) is 0 Å². The third-order valence-corrected chi connectivity index (χ3v) is 5.89. The first kappa shape index (κ1) is 23.0. The number of rotatable bonds is 7. The molecule has 1 fully saturated rings. The third-order valence-electron chi connectivity index (χ3n) is 5.89. The number of pyridine rings is 1. The van der Waals surface area contributed by atoms with Crippen LogP contribution in [0.5, 0.6) is 0 Å². The molecule has 172 valence electrons. The second kappa shape index (κ2) is 10.6. The second-order valence-corrected chi connectivity index (χ2v) is 8.52. The lowest BCUT2D eigenvalue weighted by Gasteiger charge is -2.32. The van der Waals surface area contributed by atoms with Crippen molar-refractivity contribution in [3.05, 3.63) is 89.2 Å². The number of halogens is 2. The van der Waals surface area contributed by atoms with Gasteiger partial charge in [-0.1, -0.05) is 30.3 Å². The van der Waals surface area contributed by atoms with E-state index in [1.54, 1.807) is 42.6 Å². The molecule has 33 heavy (non-hydrogen) atoms. The number of hydrogen-bond acceptors (Lipinski definition) is 4. The molecular weight excluding hydrogens is 422 g/mol. The first-order chi connectivity index (χ1) is 16.0. The molecule has 1 aromatic heterocycles. The topological polar surface area (TPSA) is 48.5 Å². The first-order valence-electron chi connectivity index (χ1n) is 11.1. The van der Waals surface area contributed by atoms with Crippen molar-refractivity contribution in [2.45, 2.75) is 19.5 Å². The van der Waals surface area contributed by atoms with Crippen molar-refractivity contribution in [1.82, 2.24) is 20.1 Å². The van der Waals surface area contributed by atoms with Crippen LogP contribution in [-0.4, -0.2) is 53.9 Å². The molecule has 1 aliphatic heterocycles. The Morgan fingerprint density at radius 3 is 2.52 bits per heavy atom. The van der Waals surface area contributed by atoms with E-state index in [4.69, 9.17) is 0 Å². The fourth-order valence-electron chi connectivity index (χ4n) is 3.92. The molecule has 1 saturated heterocycles. The number of aromatic nitrogens is 1. The number of amides is 1. The van der Waals surface area contributed by atoms with Crippen LogP contribution in [0.4, 0.5) is 8.78 Å². The van der Waals surface area contributed by atoms with Crippen molar-refractivity contribution in [1.29, 1.82) is 0 Å². The van der Waals surface area contributed by atoms with E-state index in [9.17, 15) is 13.6 Å². The summed E-state index contributed by atoms with van der Waals surface area (Å²) < 4.78 is 28.0. The summed E-state index contributed by atoms with van der Waals surface area (Å²) in [6.45, 7) is 5.03. The fraction of sp³-hybridized carbons (Fsp3) is 0.308. The normalized spacial score (nSPS) is 14.9. The molecule has 2 aromatic carbocycles. The first-order valence-corrected chi connectivity index (χ1v) is 11.1. The molecule has 0 unspecified atom stereocenters. The second-order valence-electron chi connectivity index (χ2n) is 8.52. The largest absolute Gasteiger partial charge is 0.352 e. The number of benzene rings is 2. The molecule has 0 saturated carbocycles. The molecule has 2 heterocycles. The summed E-state index contributed by atoms with van der Waals surface area (Å²) in [5.74, 6) is -0.818. The lowest BCUT2D eigenvalue weighted by Crippen LogP contribution is -2.43. The van der Waals surface area contributed by atoms with Gasteiger partial charge in [0.25, 0.3) is 0 Å². The van der Waals surface area contributed by atoms with E-state index in [0.717, 1.165) is 38.3 Å². The molecule has 0 spiro atoms. The van der Waals surface area contributed by atoms with Crippen LogP contribution < -0.4 is 5.32 Å². The predicted octanol–water partition coefficient (Wildman–Crippen LogP) is 3.63. The van der Waals surface area contributed by atoms with Gasteiger partial charge < -0.3 is 10.2 Å². The van der Waals surface area contributed by atoms with Gasteiger partial charge in [-0.15, -0.1) is 0 Å². The Morgan fingerprint density at radius 2 is 1.82 bits per heavy atom. The molecule has 1 amide bonds. The predicted molar refractivity (Wildman–Crippen MR) is 124 cm³/mol. The molecule has 7 heteroatoms. The van der Waals surface area contributed by atoms with Crippen LogP contribution in [0.3, 0.4) is 0 Å². The lowest BCUT2D eigenvalue weighted by atomic mass is 10.0. The number of carbonyl (C=O) groups is 1. The molecule has 5 nitrogen and oxygen atoms in total. The number of nitrogens with zero attached hydrogens (tertiary/aromatic N) is 3. The minimum atomic E-state index is -0.335. The lowest BCUT2D eigenvalue weighted by molar-refractivity contribution is -0.120. The summed E-state index contributed by atoms with van der Waals surface area (Å²) in [7, 11) is 2.12. The van der Waals surface area contributed by atoms with Crippen LogP contribution in [-0.2, 0) is 24.3 Å². The maximum absolute atomic E-state index is 14.8.